The zero-order valence-electron chi connectivity index (χ0n) is 14.5. The molecule has 1 amide bonds. The minimum atomic E-state index is -0.302. The van der Waals surface area contributed by atoms with Crippen LogP contribution in [0.25, 0.3) is 11.3 Å². The standard InChI is InChI=1S/C18H14ClN3O.C2H6/c1-12-9-13(11-14(19)10-12)15-5-4-6-16(21-15)18(23)22-17-7-2-3-8-20-17;1-2/h2-11H,1H3,(H,20,22,23);1-2H3. The summed E-state index contributed by atoms with van der Waals surface area (Å²) in [6.45, 7) is 5.97. The Morgan fingerprint density at radius 3 is 2.52 bits per heavy atom. The largest absolute Gasteiger partial charge is 0.305 e. The number of benzene rings is 1. The van der Waals surface area contributed by atoms with Crippen LogP contribution in [-0.2, 0) is 0 Å². The molecule has 3 rings (SSSR count). The van der Waals surface area contributed by atoms with Gasteiger partial charge in [0, 0.05) is 16.8 Å². The van der Waals surface area contributed by atoms with Crippen LogP contribution in [0.4, 0.5) is 5.82 Å². The highest BCUT2D eigenvalue weighted by atomic mass is 35.5. The van der Waals surface area contributed by atoms with Gasteiger partial charge in [0.15, 0.2) is 0 Å². The summed E-state index contributed by atoms with van der Waals surface area (Å²) in [5.41, 5.74) is 2.94. The molecule has 0 saturated carbocycles. The Morgan fingerprint density at radius 1 is 1.04 bits per heavy atom. The molecule has 0 aliphatic carbocycles. The lowest BCUT2D eigenvalue weighted by Crippen LogP contribution is -2.14. The number of nitrogens with zero attached hydrogens (tertiary/aromatic N) is 2. The molecule has 0 atom stereocenters. The van der Waals surface area contributed by atoms with Gasteiger partial charge in [0.2, 0.25) is 0 Å². The number of hydrogen-bond acceptors (Lipinski definition) is 3. The summed E-state index contributed by atoms with van der Waals surface area (Å²) in [6, 6.07) is 16.3. The summed E-state index contributed by atoms with van der Waals surface area (Å²) in [7, 11) is 0. The first kappa shape index (κ1) is 18.6. The summed E-state index contributed by atoms with van der Waals surface area (Å²) < 4.78 is 0. The van der Waals surface area contributed by atoms with Gasteiger partial charge in [0.25, 0.3) is 5.91 Å². The van der Waals surface area contributed by atoms with Crippen molar-refractivity contribution in [2.75, 3.05) is 5.32 Å². The van der Waals surface area contributed by atoms with Crippen LogP contribution in [0.15, 0.2) is 60.8 Å². The van der Waals surface area contributed by atoms with Gasteiger partial charge in [-0.2, -0.15) is 0 Å². The molecule has 0 radical (unpaired) electrons. The van der Waals surface area contributed by atoms with Crippen LogP contribution in [0, 0.1) is 6.92 Å². The van der Waals surface area contributed by atoms with Gasteiger partial charge in [-0.3, -0.25) is 4.79 Å². The van der Waals surface area contributed by atoms with E-state index in [0.717, 1.165) is 11.1 Å². The third kappa shape index (κ3) is 5.13. The monoisotopic (exact) mass is 353 g/mol. The molecule has 0 unspecified atom stereocenters. The number of hydrogen-bond donors (Lipinski definition) is 1. The number of aromatic nitrogens is 2. The zero-order chi connectivity index (χ0) is 18.2. The summed E-state index contributed by atoms with van der Waals surface area (Å²) in [5, 5.41) is 3.36. The van der Waals surface area contributed by atoms with Crippen molar-refractivity contribution >= 4 is 23.3 Å². The molecular weight excluding hydrogens is 334 g/mol. The number of amides is 1. The second-order valence-electron chi connectivity index (χ2n) is 5.09. The van der Waals surface area contributed by atoms with Crippen LogP contribution in [0.2, 0.25) is 5.02 Å². The molecule has 4 nitrogen and oxygen atoms in total. The molecule has 0 saturated heterocycles. The van der Waals surface area contributed by atoms with Crippen LogP contribution < -0.4 is 5.32 Å². The lowest BCUT2D eigenvalue weighted by atomic mass is 10.1. The lowest BCUT2D eigenvalue weighted by molar-refractivity contribution is 0.102. The number of carbonyl (C=O) groups excluding carboxylic acids is 1. The van der Waals surface area contributed by atoms with Crippen LogP contribution in [0.5, 0.6) is 0 Å². The Labute approximate surface area is 152 Å². The van der Waals surface area contributed by atoms with E-state index in [0.29, 0.717) is 22.2 Å². The molecule has 0 aliphatic heterocycles. The van der Waals surface area contributed by atoms with Crippen molar-refractivity contribution < 1.29 is 4.79 Å². The van der Waals surface area contributed by atoms with Crippen LogP contribution >= 0.6 is 11.6 Å². The first-order chi connectivity index (χ1) is 12.1. The molecule has 5 heteroatoms. The number of carbonyl (C=O) groups is 1. The van der Waals surface area contributed by atoms with Gasteiger partial charge in [-0.25, -0.2) is 9.97 Å². The number of nitrogens with one attached hydrogen (secondary N) is 1. The molecule has 2 aromatic heterocycles. The maximum absolute atomic E-state index is 12.3. The van der Waals surface area contributed by atoms with Gasteiger partial charge in [0.1, 0.15) is 11.5 Å². The molecule has 0 aliphatic rings. The third-order valence-corrected chi connectivity index (χ3v) is 3.44. The van der Waals surface area contributed by atoms with E-state index in [4.69, 9.17) is 11.6 Å². The van der Waals surface area contributed by atoms with Crippen LogP contribution in [0.1, 0.15) is 29.9 Å². The fourth-order valence-corrected chi connectivity index (χ4v) is 2.51. The van der Waals surface area contributed by atoms with E-state index in [2.05, 4.69) is 15.3 Å². The number of pyridine rings is 2. The van der Waals surface area contributed by atoms with Crippen LogP contribution in [-0.4, -0.2) is 15.9 Å². The Hall–Kier alpha value is -2.72. The van der Waals surface area contributed by atoms with Gasteiger partial charge in [-0.1, -0.05) is 37.6 Å². The predicted octanol–water partition coefficient (Wildman–Crippen LogP) is 5.38. The second-order valence-corrected chi connectivity index (χ2v) is 5.53. The molecule has 128 valence electrons. The molecular formula is C20H20ClN3O. The Kier molecular flexibility index (Phi) is 6.66. The summed E-state index contributed by atoms with van der Waals surface area (Å²) in [5.74, 6) is 0.188. The molecule has 2 heterocycles. The number of halogens is 1. The first-order valence-corrected chi connectivity index (χ1v) is 8.46. The summed E-state index contributed by atoms with van der Waals surface area (Å²) >= 11 is 6.09. The van der Waals surface area contributed by atoms with E-state index in [9.17, 15) is 4.79 Å². The van der Waals surface area contributed by atoms with Crippen LogP contribution in [0.3, 0.4) is 0 Å². The van der Waals surface area contributed by atoms with Gasteiger partial charge < -0.3 is 5.32 Å². The SMILES string of the molecule is CC.Cc1cc(Cl)cc(-c2cccc(C(=O)Nc3ccccn3)n2)c1. The second kappa shape index (κ2) is 8.94. The minimum absolute atomic E-state index is 0.302. The maximum Gasteiger partial charge on any atom is 0.275 e. The Balaban J connectivity index is 0.00000109. The Morgan fingerprint density at radius 2 is 1.84 bits per heavy atom. The van der Waals surface area contributed by atoms with Gasteiger partial charge in [0.05, 0.1) is 5.69 Å². The van der Waals surface area contributed by atoms with E-state index in [1.807, 2.05) is 45.0 Å². The van der Waals surface area contributed by atoms with Gasteiger partial charge in [-0.15, -0.1) is 0 Å². The van der Waals surface area contributed by atoms with Crippen molar-refractivity contribution in [2.24, 2.45) is 0 Å². The molecule has 3 aromatic rings. The fourth-order valence-electron chi connectivity index (χ4n) is 2.22. The number of anilines is 1. The molecule has 1 aromatic carbocycles. The topological polar surface area (TPSA) is 54.9 Å². The predicted molar refractivity (Wildman–Crippen MR) is 103 cm³/mol. The smallest absolute Gasteiger partial charge is 0.275 e. The maximum atomic E-state index is 12.3. The van der Waals surface area contributed by atoms with Crippen molar-refractivity contribution in [1.82, 2.24) is 9.97 Å². The molecule has 0 fully saturated rings. The average molecular weight is 354 g/mol. The van der Waals surface area contributed by atoms with E-state index >= 15 is 0 Å². The van der Waals surface area contributed by atoms with Crippen molar-refractivity contribution in [2.45, 2.75) is 20.8 Å². The highest BCUT2D eigenvalue weighted by Crippen LogP contribution is 2.23. The molecule has 0 spiro atoms. The van der Waals surface area contributed by atoms with E-state index in [-0.39, 0.29) is 5.91 Å². The summed E-state index contributed by atoms with van der Waals surface area (Å²) in [6.07, 6.45) is 1.62. The van der Waals surface area contributed by atoms with E-state index in [1.54, 1.807) is 36.5 Å². The van der Waals surface area contributed by atoms with Crippen molar-refractivity contribution in [3.63, 3.8) is 0 Å². The molecule has 1 N–H and O–H groups in total. The quantitative estimate of drug-likeness (QED) is 0.687. The minimum Gasteiger partial charge on any atom is -0.305 e. The Bertz CT molecular complexity index is 830. The van der Waals surface area contributed by atoms with E-state index < -0.39 is 0 Å². The van der Waals surface area contributed by atoms with E-state index in [1.165, 1.54) is 0 Å². The van der Waals surface area contributed by atoms with Crippen molar-refractivity contribution in [3.05, 3.63) is 77.1 Å². The van der Waals surface area contributed by atoms with Gasteiger partial charge >= 0.3 is 0 Å². The lowest BCUT2D eigenvalue weighted by Gasteiger charge is -2.07. The van der Waals surface area contributed by atoms with Gasteiger partial charge in [-0.05, 0) is 55.0 Å². The fraction of sp³-hybridized carbons (Fsp3) is 0.150. The number of aryl methyl sites for hydroxylation is 1. The van der Waals surface area contributed by atoms with Crippen molar-refractivity contribution in [3.8, 4) is 11.3 Å². The zero-order valence-corrected chi connectivity index (χ0v) is 15.2. The number of rotatable bonds is 3. The first-order valence-electron chi connectivity index (χ1n) is 8.09. The third-order valence-electron chi connectivity index (χ3n) is 3.23. The summed E-state index contributed by atoms with van der Waals surface area (Å²) in [4.78, 5) is 20.8. The average Bonchev–Trinajstić information content (AvgIpc) is 2.63. The normalized spacial score (nSPS) is 9.76. The van der Waals surface area contributed by atoms with Crippen molar-refractivity contribution in [1.29, 1.82) is 0 Å². The highest BCUT2D eigenvalue weighted by Gasteiger charge is 2.10. The highest BCUT2D eigenvalue weighted by molar-refractivity contribution is 6.30. The molecule has 0 bridgehead atoms. The molecule has 25 heavy (non-hydrogen) atoms.